The van der Waals surface area contributed by atoms with E-state index in [1.54, 1.807) is 0 Å². The van der Waals surface area contributed by atoms with E-state index >= 15 is 0 Å². The van der Waals surface area contributed by atoms with Crippen LogP contribution in [-0.4, -0.2) is 14.5 Å². The van der Waals surface area contributed by atoms with Crippen LogP contribution in [0.25, 0.3) is 105 Å². The van der Waals surface area contributed by atoms with Crippen molar-refractivity contribution in [2.45, 2.75) is 0 Å². The number of aromatic nitrogens is 3. The van der Waals surface area contributed by atoms with E-state index in [4.69, 9.17) is 9.97 Å². The zero-order valence-electron chi connectivity index (χ0n) is 29.9. The van der Waals surface area contributed by atoms with E-state index in [0.717, 1.165) is 61.0 Å². The molecule has 9 aromatic carbocycles. The normalized spacial score (nSPS) is 11.6. The Kier molecular flexibility index (Phi) is 7.17. The molecule has 0 aliphatic carbocycles. The monoisotopic (exact) mass is 699 g/mol. The molecule has 0 bridgehead atoms. The van der Waals surface area contributed by atoms with Gasteiger partial charge in [0.25, 0.3) is 0 Å². The molecule has 0 atom stereocenters. The van der Waals surface area contributed by atoms with Crippen molar-refractivity contribution >= 4 is 54.3 Å². The van der Waals surface area contributed by atoms with Gasteiger partial charge in [-0.25, -0.2) is 9.97 Å². The Labute approximate surface area is 318 Å². The van der Waals surface area contributed by atoms with Crippen LogP contribution in [0.3, 0.4) is 0 Å². The van der Waals surface area contributed by atoms with E-state index < -0.39 is 0 Å². The minimum absolute atomic E-state index is 0.904. The molecule has 0 spiro atoms. The predicted molar refractivity (Wildman–Crippen MR) is 231 cm³/mol. The second kappa shape index (κ2) is 12.6. The summed E-state index contributed by atoms with van der Waals surface area (Å²) in [6.07, 6.45) is 0. The van der Waals surface area contributed by atoms with E-state index in [1.165, 1.54) is 43.8 Å². The van der Waals surface area contributed by atoms with Gasteiger partial charge in [-0.05, 0) is 73.5 Å². The molecule has 11 rings (SSSR count). The Morgan fingerprint density at radius 1 is 0.327 bits per heavy atom. The Bertz CT molecular complexity index is 3160. The molecular formula is C52H33N3. The fourth-order valence-corrected chi connectivity index (χ4v) is 8.56. The molecule has 0 saturated carbocycles. The number of hydrogen-bond donors (Lipinski definition) is 0. The first kappa shape index (κ1) is 31.2. The quantitative estimate of drug-likeness (QED) is 0.132. The summed E-state index contributed by atoms with van der Waals surface area (Å²) in [7, 11) is 0. The Balaban J connectivity index is 1.16. The largest absolute Gasteiger partial charge is 0.292 e. The van der Waals surface area contributed by atoms with Crippen LogP contribution >= 0.6 is 0 Å². The van der Waals surface area contributed by atoms with Crippen LogP contribution in [-0.2, 0) is 0 Å². The smallest absolute Gasteiger partial charge is 0.145 e. The van der Waals surface area contributed by atoms with Crippen LogP contribution in [0.5, 0.6) is 0 Å². The lowest BCUT2D eigenvalue weighted by Crippen LogP contribution is -1.97. The minimum Gasteiger partial charge on any atom is -0.292 e. The fourth-order valence-electron chi connectivity index (χ4n) is 8.56. The van der Waals surface area contributed by atoms with Crippen LogP contribution in [0.4, 0.5) is 0 Å². The molecule has 55 heavy (non-hydrogen) atoms. The first-order chi connectivity index (χ1) is 27.3. The topological polar surface area (TPSA) is 30.7 Å². The van der Waals surface area contributed by atoms with E-state index in [2.05, 4.69) is 205 Å². The summed E-state index contributed by atoms with van der Waals surface area (Å²) in [5, 5.41) is 8.29. The van der Waals surface area contributed by atoms with Crippen molar-refractivity contribution in [1.29, 1.82) is 0 Å². The van der Waals surface area contributed by atoms with Crippen LogP contribution in [0.15, 0.2) is 200 Å². The van der Waals surface area contributed by atoms with Gasteiger partial charge in [-0.2, -0.15) is 0 Å². The van der Waals surface area contributed by atoms with Gasteiger partial charge < -0.3 is 0 Å². The molecule has 2 aromatic heterocycles. The van der Waals surface area contributed by atoms with E-state index in [1.807, 2.05) is 0 Å². The number of rotatable bonds is 5. The summed E-state index contributed by atoms with van der Waals surface area (Å²) >= 11 is 0. The third-order valence-electron chi connectivity index (χ3n) is 11.0. The molecule has 3 nitrogen and oxygen atoms in total. The Morgan fingerprint density at radius 2 is 0.800 bits per heavy atom. The van der Waals surface area contributed by atoms with Gasteiger partial charge in [-0.15, -0.1) is 0 Å². The highest BCUT2D eigenvalue weighted by Gasteiger charge is 2.21. The summed E-state index contributed by atoms with van der Waals surface area (Å²) < 4.78 is 2.28. The van der Waals surface area contributed by atoms with Gasteiger partial charge in [-0.1, -0.05) is 176 Å². The van der Waals surface area contributed by atoms with Crippen LogP contribution in [0.1, 0.15) is 0 Å². The Morgan fingerprint density at radius 3 is 1.40 bits per heavy atom. The van der Waals surface area contributed by atoms with Crippen molar-refractivity contribution in [3.05, 3.63) is 200 Å². The summed E-state index contributed by atoms with van der Waals surface area (Å²) in [4.78, 5) is 10.9. The highest BCUT2D eigenvalue weighted by molar-refractivity contribution is 6.22. The first-order valence-corrected chi connectivity index (χ1v) is 18.8. The van der Waals surface area contributed by atoms with E-state index in [-0.39, 0.29) is 0 Å². The first-order valence-electron chi connectivity index (χ1n) is 18.8. The van der Waals surface area contributed by atoms with Gasteiger partial charge in [-0.3, -0.25) is 4.57 Å². The third kappa shape index (κ3) is 4.98. The minimum atomic E-state index is 0.904. The number of imidazole rings is 1. The molecule has 3 heteroatoms. The van der Waals surface area contributed by atoms with Crippen molar-refractivity contribution in [3.8, 4) is 50.6 Å². The molecule has 0 N–H and O–H groups in total. The van der Waals surface area contributed by atoms with Crippen LogP contribution < -0.4 is 0 Å². The second-order valence-corrected chi connectivity index (χ2v) is 14.1. The average molecular weight is 700 g/mol. The van der Waals surface area contributed by atoms with E-state index in [9.17, 15) is 0 Å². The predicted octanol–water partition coefficient (Wildman–Crippen LogP) is 13.7. The van der Waals surface area contributed by atoms with Gasteiger partial charge >= 0.3 is 0 Å². The lowest BCUT2D eigenvalue weighted by atomic mass is 9.86. The van der Waals surface area contributed by atoms with Crippen molar-refractivity contribution in [1.82, 2.24) is 14.5 Å². The standard InChI is InChI=1S/C52H33N3/c1-4-16-34(17-5-1)47-40-23-10-12-25-42(40)48(43-26-13-11-24-41(43)47)35-28-30-36(31-29-35)50-49-44(39-22-14-15-27-45(39)53-50)32-33-46-51(49)54-52(37-18-6-2-7-19-37)55(46)38-20-8-3-9-21-38/h1-33H. The molecule has 0 amide bonds. The molecule has 2 heterocycles. The number of pyridine rings is 1. The maximum Gasteiger partial charge on any atom is 0.145 e. The second-order valence-electron chi connectivity index (χ2n) is 14.1. The fraction of sp³-hybridized carbons (Fsp3) is 0. The summed E-state index contributed by atoms with van der Waals surface area (Å²) in [6.45, 7) is 0. The number of fused-ring (bicyclic) bond motifs is 7. The van der Waals surface area contributed by atoms with Gasteiger partial charge in [0, 0.05) is 27.6 Å². The van der Waals surface area contributed by atoms with Crippen molar-refractivity contribution in [3.63, 3.8) is 0 Å². The summed E-state index contributed by atoms with van der Waals surface area (Å²) in [6, 6.07) is 71.3. The lowest BCUT2D eigenvalue weighted by Gasteiger charge is -2.18. The number of benzene rings is 9. The maximum atomic E-state index is 5.47. The highest BCUT2D eigenvalue weighted by atomic mass is 15.1. The molecule has 0 saturated heterocycles. The van der Waals surface area contributed by atoms with Gasteiger partial charge in [0.05, 0.1) is 22.2 Å². The SMILES string of the molecule is c1ccc(-c2c3ccccc3c(-c3ccc(-c4nc5ccccc5c5ccc6c(nc(-c7ccccc7)n6-c6ccccc6)c45)cc3)c3ccccc23)cc1. The molecule has 0 aliphatic rings. The molecule has 0 fully saturated rings. The zero-order chi connectivity index (χ0) is 36.3. The average Bonchev–Trinajstić information content (AvgIpc) is 3.66. The third-order valence-corrected chi connectivity index (χ3v) is 11.0. The molecule has 256 valence electrons. The zero-order valence-corrected chi connectivity index (χ0v) is 29.9. The highest BCUT2D eigenvalue weighted by Crippen LogP contribution is 2.45. The van der Waals surface area contributed by atoms with Gasteiger partial charge in [0.1, 0.15) is 5.82 Å². The summed E-state index contributed by atoms with van der Waals surface area (Å²) in [5.41, 5.74) is 12.0. The lowest BCUT2D eigenvalue weighted by molar-refractivity contribution is 1.10. The number of para-hydroxylation sites is 2. The molecule has 0 aliphatic heterocycles. The molecule has 11 aromatic rings. The van der Waals surface area contributed by atoms with Gasteiger partial charge in [0.2, 0.25) is 0 Å². The van der Waals surface area contributed by atoms with Crippen LogP contribution in [0, 0.1) is 0 Å². The van der Waals surface area contributed by atoms with E-state index in [0.29, 0.717) is 0 Å². The number of nitrogens with zero attached hydrogens (tertiary/aromatic N) is 3. The molecular weight excluding hydrogens is 667 g/mol. The van der Waals surface area contributed by atoms with Crippen molar-refractivity contribution in [2.24, 2.45) is 0 Å². The van der Waals surface area contributed by atoms with Crippen molar-refractivity contribution in [2.75, 3.05) is 0 Å². The molecule has 0 unspecified atom stereocenters. The van der Waals surface area contributed by atoms with Crippen molar-refractivity contribution < 1.29 is 0 Å². The maximum absolute atomic E-state index is 5.47. The van der Waals surface area contributed by atoms with Crippen LogP contribution in [0.2, 0.25) is 0 Å². The molecule has 0 radical (unpaired) electrons. The van der Waals surface area contributed by atoms with Gasteiger partial charge in [0.15, 0.2) is 0 Å². The summed E-state index contributed by atoms with van der Waals surface area (Å²) in [5.74, 6) is 0.904. The Hall–Kier alpha value is -7.36. The number of hydrogen-bond acceptors (Lipinski definition) is 2.